The third-order valence-electron chi connectivity index (χ3n) is 3.82. The summed E-state index contributed by atoms with van der Waals surface area (Å²) < 4.78 is 5.24. The van der Waals surface area contributed by atoms with Gasteiger partial charge in [0.25, 0.3) is 5.91 Å². The van der Waals surface area contributed by atoms with Crippen LogP contribution in [0.2, 0.25) is 5.02 Å². The molecule has 28 heavy (non-hydrogen) atoms. The highest BCUT2D eigenvalue weighted by molar-refractivity contribution is 6.30. The van der Waals surface area contributed by atoms with Gasteiger partial charge in [-0.1, -0.05) is 23.6 Å². The maximum Gasteiger partial charge on any atom is 0.257 e. The standard InChI is InChI=1S/C21H17ClN4O2/c1-3-11-23-21(27)18-13-24-19(14-7-9-15(22)10-8-14)26-20(18)25-16-5-4-6-17(12-16)28-2/h1,4-10,12-13H,11H2,2H3,(H,23,27)(H,24,25,26). The minimum Gasteiger partial charge on any atom is -0.497 e. The monoisotopic (exact) mass is 392 g/mol. The van der Waals surface area contributed by atoms with Gasteiger partial charge in [0, 0.05) is 28.5 Å². The minimum atomic E-state index is -0.369. The van der Waals surface area contributed by atoms with E-state index < -0.39 is 0 Å². The molecule has 3 rings (SSSR count). The van der Waals surface area contributed by atoms with Crippen LogP contribution < -0.4 is 15.4 Å². The number of nitrogens with one attached hydrogen (secondary N) is 2. The molecule has 6 nitrogen and oxygen atoms in total. The van der Waals surface area contributed by atoms with E-state index in [2.05, 4.69) is 26.5 Å². The number of aromatic nitrogens is 2. The molecule has 0 aliphatic carbocycles. The number of methoxy groups -OCH3 is 1. The van der Waals surface area contributed by atoms with Gasteiger partial charge >= 0.3 is 0 Å². The van der Waals surface area contributed by atoms with E-state index >= 15 is 0 Å². The van der Waals surface area contributed by atoms with Crippen LogP contribution in [0.5, 0.6) is 5.75 Å². The molecule has 0 spiro atoms. The summed E-state index contributed by atoms with van der Waals surface area (Å²) in [7, 11) is 1.58. The molecule has 0 unspecified atom stereocenters. The molecule has 0 saturated heterocycles. The average Bonchev–Trinajstić information content (AvgIpc) is 2.72. The zero-order valence-electron chi connectivity index (χ0n) is 15.1. The van der Waals surface area contributed by atoms with Crippen molar-refractivity contribution in [3.63, 3.8) is 0 Å². The summed E-state index contributed by atoms with van der Waals surface area (Å²) in [4.78, 5) is 21.3. The molecule has 7 heteroatoms. The number of anilines is 2. The number of nitrogens with zero attached hydrogens (tertiary/aromatic N) is 2. The fourth-order valence-electron chi connectivity index (χ4n) is 2.45. The van der Waals surface area contributed by atoms with Crippen molar-refractivity contribution in [2.75, 3.05) is 19.0 Å². The highest BCUT2D eigenvalue weighted by Crippen LogP contribution is 2.25. The fourth-order valence-corrected chi connectivity index (χ4v) is 2.57. The minimum absolute atomic E-state index is 0.108. The van der Waals surface area contributed by atoms with E-state index in [-0.39, 0.29) is 18.0 Å². The van der Waals surface area contributed by atoms with Crippen LogP contribution in [-0.2, 0) is 0 Å². The smallest absolute Gasteiger partial charge is 0.257 e. The van der Waals surface area contributed by atoms with Crippen molar-refractivity contribution in [1.29, 1.82) is 0 Å². The summed E-state index contributed by atoms with van der Waals surface area (Å²) >= 11 is 5.95. The van der Waals surface area contributed by atoms with E-state index in [1.807, 2.05) is 30.3 Å². The van der Waals surface area contributed by atoms with Crippen molar-refractivity contribution in [2.45, 2.75) is 0 Å². The van der Waals surface area contributed by atoms with Gasteiger partial charge in [-0.2, -0.15) is 0 Å². The Hall–Kier alpha value is -3.56. The number of hydrogen-bond acceptors (Lipinski definition) is 5. The quantitative estimate of drug-likeness (QED) is 0.622. The van der Waals surface area contributed by atoms with Gasteiger partial charge in [0.2, 0.25) is 0 Å². The second-order valence-corrected chi connectivity index (χ2v) is 6.14. The molecule has 1 amide bonds. The maximum absolute atomic E-state index is 12.5. The second-order valence-electron chi connectivity index (χ2n) is 5.71. The number of terminal acetylenes is 1. The van der Waals surface area contributed by atoms with Gasteiger partial charge in [-0.15, -0.1) is 6.42 Å². The lowest BCUT2D eigenvalue weighted by atomic mass is 10.2. The fraction of sp³-hybridized carbons (Fsp3) is 0.0952. The Bertz CT molecular complexity index is 1030. The Labute approximate surface area is 167 Å². The number of carbonyl (C=O) groups excluding carboxylic acids is 1. The first-order chi connectivity index (χ1) is 13.6. The molecule has 1 aromatic heterocycles. The Kier molecular flexibility index (Phi) is 6.10. The average molecular weight is 393 g/mol. The molecule has 0 saturated carbocycles. The van der Waals surface area contributed by atoms with Crippen molar-refractivity contribution in [3.8, 4) is 29.5 Å². The number of amides is 1. The van der Waals surface area contributed by atoms with Gasteiger partial charge in [0.1, 0.15) is 17.1 Å². The van der Waals surface area contributed by atoms with Crippen LogP contribution in [0.1, 0.15) is 10.4 Å². The number of hydrogen-bond donors (Lipinski definition) is 2. The van der Waals surface area contributed by atoms with E-state index in [1.54, 1.807) is 25.3 Å². The number of carbonyl (C=O) groups is 1. The zero-order chi connectivity index (χ0) is 19.9. The zero-order valence-corrected chi connectivity index (χ0v) is 15.8. The highest BCUT2D eigenvalue weighted by Gasteiger charge is 2.16. The predicted octanol–water partition coefficient (Wildman–Crippen LogP) is 3.91. The Morgan fingerprint density at radius 2 is 2.04 bits per heavy atom. The molecule has 0 aliphatic rings. The maximum atomic E-state index is 12.5. The van der Waals surface area contributed by atoms with E-state index in [1.165, 1.54) is 6.20 Å². The van der Waals surface area contributed by atoms with Crippen molar-refractivity contribution >= 4 is 29.0 Å². The molecule has 2 aromatic carbocycles. The largest absolute Gasteiger partial charge is 0.497 e. The molecule has 0 aliphatic heterocycles. The Morgan fingerprint density at radius 3 is 2.75 bits per heavy atom. The molecule has 2 N–H and O–H groups in total. The lowest BCUT2D eigenvalue weighted by molar-refractivity contribution is 0.0959. The van der Waals surface area contributed by atoms with Crippen LogP contribution in [0.15, 0.2) is 54.7 Å². The van der Waals surface area contributed by atoms with Crippen LogP contribution in [0.4, 0.5) is 11.5 Å². The highest BCUT2D eigenvalue weighted by atomic mass is 35.5. The molecule has 0 radical (unpaired) electrons. The molecule has 0 bridgehead atoms. The SMILES string of the molecule is C#CCNC(=O)c1cnc(-c2ccc(Cl)cc2)nc1Nc1cccc(OC)c1. The summed E-state index contributed by atoms with van der Waals surface area (Å²) in [6, 6.07) is 14.4. The third kappa shape index (κ3) is 4.58. The van der Waals surface area contributed by atoms with Gasteiger partial charge < -0.3 is 15.4 Å². The lowest BCUT2D eigenvalue weighted by Gasteiger charge is -2.13. The van der Waals surface area contributed by atoms with E-state index in [0.717, 1.165) is 5.56 Å². The number of ether oxygens (including phenoxy) is 1. The number of halogens is 1. The Morgan fingerprint density at radius 1 is 1.25 bits per heavy atom. The molecule has 3 aromatic rings. The van der Waals surface area contributed by atoms with Crippen molar-refractivity contribution in [1.82, 2.24) is 15.3 Å². The number of rotatable bonds is 6. The second kappa shape index (κ2) is 8.89. The van der Waals surface area contributed by atoms with Crippen LogP contribution in [0.25, 0.3) is 11.4 Å². The van der Waals surface area contributed by atoms with Gasteiger partial charge in [-0.05, 0) is 36.4 Å². The molecular formula is C21H17ClN4O2. The first-order valence-corrected chi connectivity index (χ1v) is 8.74. The van der Waals surface area contributed by atoms with Crippen molar-refractivity contribution in [2.24, 2.45) is 0 Å². The third-order valence-corrected chi connectivity index (χ3v) is 4.07. The summed E-state index contributed by atoms with van der Waals surface area (Å²) in [5.41, 5.74) is 1.76. The predicted molar refractivity (Wildman–Crippen MR) is 110 cm³/mol. The molecule has 0 atom stereocenters. The lowest BCUT2D eigenvalue weighted by Crippen LogP contribution is -2.25. The van der Waals surface area contributed by atoms with Crippen molar-refractivity contribution < 1.29 is 9.53 Å². The summed E-state index contributed by atoms with van der Waals surface area (Å²) in [5, 5.41) is 6.40. The molecular weight excluding hydrogens is 376 g/mol. The number of benzene rings is 2. The van der Waals surface area contributed by atoms with Gasteiger partial charge in [-0.25, -0.2) is 9.97 Å². The topological polar surface area (TPSA) is 76.1 Å². The van der Waals surface area contributed by atoms with Crippen LogP contribution in [-0.4, -0.2) is 29.5 Å². The van der Waals surface area contributed by atoms with Crippen LogP contribution in [0, 0.1) is 12.3 Å². The normalized spacial score (nSPS) is 10.0. The van der Waals surface area contributed by atoms with Gasteiger partial charge in [0.15, 0.2) is 5.82 Å². The molecule has 1 heterocycles. The molecule has 0 fully saturated rings. The first kappa shape index (κ1) is 19.2. The first-order valence-electron chi connectivity index (χ1n) is 8.36. The van der Waals surface area contributed by atoms with E-state index in [4.69, 9.17) is 22.8 Å². The summed E-state index contributed by atoms with van der Waals surface area (Å²) in [6.45, 7) is 0.108. The molecule has 140 valence electrons. The summed E-state index contributed by atoms with van der Waals surface area (Å²) in [6.07, 6.45) is 6.69. The van der Waals surface area contributed by atoms with Crippen LogP contribution >= 0.6 is 11.6 Å². The van der Waals surface area contributed by atoms with Gasteiger partial charge in [0.05, 0.1) is 13.7 Å². The van der Waals surface area contributed by atoms with E-state index in [9.17, 15) is 4.79 Å². The van der Waals surface area contributed by atoms with Gasteiger partial charge in [-0.3, -0.25) is 4.79 Å². The van der Waals surface area contributed by atoms with Crippen LogP contribution in [0.3, 0.4) is 0 Å². The Balaban J connectivity index is 2.01. The van der Waals surface area contributed by atoms with Crippen molar-refractivity contribution in [3.05, 3.63) is 65.3 Å². The summed E-state index contributed by atoms with van der Waals surface area (Å²) in [5.74, 6) is 3.48. The van der Waals surface area contributed by atoms with E-state index in [0.29, 0.717) is 28.1 Å².